The summed E-state index contributed by atoms with van der Waals surface area (Å²) in [6, 6.07) is 15.0. The molecule has 0 aliphatic heterocycles. The number of thioether (sulfide) groups is 1. The van der Waals surface area contributed by atoms with Gasteiger partial charge in [0.05, 0.1) is 0 Å². The van der Waals surface area contributed by atoms with Crippen LogP contribution in [0.5, 0.6) is 0 Å². The maximum atomic E-state index is 4.05. The van der Waals surface area contributed by atoms with Gasteiger partial charge in [-0.25, -0.2) is 0 Å². The fraction of sp³-hybridized carbons (Fsp3) is 0.533. The zero-order chi connectivity index (χ0) is 25.6. The molecule has 2 aromatic carbocycles. The quantitative estimate of drug-likeness (QED) is 0.347. The number of aryl methyl sites for hydroxylation is 1. The molecule has 0 fully saturated rings. The first-order valence-electron chi connectivity index (χ1n) is 12.8. The van der Waals surface area contributed by atoms with E-state index in [1.54, 1.807) is 0 Å². The Morgan fingerprint density at radius 1 is 0.939 bits per heavy atom. The summed E-state index contributed by atoms with van der Waals surface area (Å²) in [5.74, 6) is 0. The molecule has 0 spiro atoms. The highest BCUT2D eigenvalue weighted by molar-refractivity contribution is 7.98. The Balaban J connectivity index is 0. The zero-order valence-corrected chi connectivity index (χ0v) is 24.2. The third-order valence-electron chi connectivity index (χ3n) is 5.12. The van der Waals surface area contributed by atoms with Crippen LogP contribution in [-0.2, 0) is 6.42 Å². The molecule has 1 N–H and O–H groups in total. The number of likely N-dealkylation sites (N-methyl/N-ethyl adjacent to an activating group) is 1. The molecular weight excluding hydrogens is 420 g/mol. The van der Waals surface area contributed by atoms with Crippen molar-refractivity contribution in [2.75, 3.05) is 38.3 Å². The van der Waals surface area contributed by atoms with Crippen LogP contribution in [0.25, 0.3) is 5.57 Å². The third kappa shape index (κ3) is 13.6. The van der Waals surface area contributed by atoms with Crippen molar-refractivity contribution in [3.8, 4) is 0 Å². The first-order valence-corrected chi connectivity index (χ1v) is 14.0. The fourth-order valence-corrected chi connectivity index (χ4v) is 3.90. The van der Waals surface area contributed by atoms with E-state index in [1.807, 2.05) is 39.5 Å². The molecule has 0 aromatic heterocycles. The average molecular weight is 473 g/mol. The lowest BCUT2D eigenvalue weighted by molar-refractivity contribution is 0.348. The van der Waals surface area contributed by atoms with Crippen LogP contribution in [-0.4, -0.2) is 37.8 Å². The van der Waals surface area contributed by atoms with E-state index in [9.17, 15) is 0 Å². The molecule has 0 amide bonds. The Hall–Kier alpha value is -1.71. The first-order chi connectivity index (χ1) is 16.0. The van der Waals surface area contributed by atoms with Crippen molar-refractivity contribution in [1.29, 1.82) is 0 Å². The second-order valence-electron chi connectivity index (χ2n) is 7.33. The predicted octanol–water partition coefficient (Wildman–Crippen LogP) is 9.20. The van der Waals surface area contributed by atoms with E-state index in [2.05, 4.69) is 100 Å². The molecule has 0 aliphatic carbocycles. The van der Waals surface area contributed by atoms with Gasteiger partial charge in [-0.05, 0) is 80.4 Å². The highest BCUT2D eigenvalue weighted by Crippen LogP contribution is 2.25. The van der Waals surface area contributed by atoms with Crippen molar-refractivity contribution in [2.24, 2.45) is 0 Å². The molecule has 0 unspecified atom stereocenters. The van der Waals surface area contributed by atoms with Crippen molar-refractivity contribution in [3.63, 3.8) is 0 Å². The van der Waals surface area contributed by atoms with Gasteiger partial charge < -0.3 is 10.2 Å². The smallest absolute Gasteiger partial charge is 0.0381 e. The lowest BCUT2D eigenvalue weighted by atomic mass is 9.98. The summed E-state index contributed by atoms with van der Waals surface area (Å²) in [5, 5.41) is 3.52. The summed E-state index contributed by atoms with van der Waals surface area (Å²) in [7, 11) is 2.18. The van der Waals surface area contributed by atoms with Crippen molar-refractivity contribution >= 4 is 23.0 Å². The molecule has 2 nitrogen and oxygen atoms in total. The first kappa shape index (κ1) is 33.5. The number of allylic oxidation sites excluding steroid dienone is 1. The topological polar surface area (TPSA) is 15.3 Å². The number of anilines is 1. The number of nitrogens with one attached hydrogen (secondary N) is 1. The lowest BCUT2D eigenvalue weighted by Gasteiger charge is -2.17. The van der Waals surface area contributed by atoms with Crippen LogP contribution in [0.3, 0.4) is 0 Å². The Kier molecular flexibility index (Phi) is 22.4. The Bertz CT molecular complexity index is 740. The second kappa shape index (κ2) is 22.1. The number of hydrogen-bond donors (Lipinski definition) is 1. The Morgan fingerprint density at radius 3 is 2.12 bits per heavy atom. The number of benzene rings is 2. The van der Waals surface area contributed by atoms with E-state index < -0.39 is 0 Å². The molecule has 0 saturated carbocycles. The highest BCUT2D eigenvalue weighted by Gasteiger charge is 2.03. The number of rotatable bonds is 10. The van der Waals surface area contributed by atoms with E-state index in [0.717, 1.165) is 25.9 Å². The van der Waals surface area contributed by atoms with Gasteiger partial charge in [0.1, 0.15) is 0 Å². The highest BCUT2D eigenvalue weighted by atomic mass is 32.2. The maximum Gasteiger partial charge on any atom is 0.0381 e. The molecule has 0 heterocycles. The molecule has 2 aromatic rings. The standard InChI is InChI=1S/C14H24N2S.C12H16.2C2H6/c1-5-10-16(3)11-9-15-13-7-6-8-14(17-4)12(13)2;1-4-10(3)12-9-7-6-8-11(12)5-2;2*1-2/h6-8,15H,5,9-11H2,1-4H3;6-9H,3-5H2,1-2H3;2*1-2H3. The molecule has 3 heteroatoms. The van der Waals surface area contributed by atoms with Gasteiger partial charge in [0.25, 0.3) is 0 Å². The molecule has 0 aliphatic rings. The molecule has 2 rings (SSSR count). The van der Waals surface area contributed by atoms with Gasteiger partial charge in [-0.15, -0.1) is 11.8 Å². The van der Waals surface area contributed by atoms with E-state index in [1.165, 1.54) is 45.8 Å². The molecule has 0 atom stereocenters. The normalized spacial score (nSPS) is 9.55. The largest absolute Gasteiger partial charge is 0.384 e. The molecule has 188 valence electrons. The fourth-order valence-electron chi connectivity index (χ4n) is 3.27. The maximum absolute atomic E-state index is 4.05. The molecule has 0 bridgehead atoms. The number of hydrogen-bond acceptors (Lipinski definition) is 3. The summed E-state index contributed by atoms with van der Waals surface area (Å²) >= 11 is 1.81. The third-order valence-corrected chi connectivity index (χ3v) is 6.01. The van der Waals surface area contributed by atoms with Gasteiger partial charge in [-0.2, -0.15) is 0 Å². The van der Waals surface area contributed by atoms with Crippen LogP contribution in [0.4, 0.5) is 5.69 Å². The van der Waals surface area contributed by atoms with Crippen LogP contribution in [0.1, 0.15) is 78.0 Å². The predicted molar refractivity (Wildman–Crippen MR) is 157 cm³/mol. The lowest BCUT2D eigenvalue weighted by Crippen LogP contribution is -2.25. The van der Waals surface area contributed by atoms with Gasteiger partial charge in [0, 0.05) is 23.7 Å². The van der Waals surface area contributed by atoms with Gasteiger partial charge in [-0.3, -0.25) is 0 Å². The summed E-state index contributed by atoms with van der Waals surface area (Å²) < 4.78 is 0. The minimum absolute atomic E-state index is 1.01. The SMILES string of the molecule is C=C(CC)c1ccccc1CC.CC.CC.CCCN(C)CCNc1cccc(SC)c1C. The molecule has 33 heavy (non-hydrogen) atoms. The summed E-state index contributed by atoms with van der Waals surface area (Å²) in [6.07, 6.45) is 5.48. The summed E-state index contributed by atoms with van der Waals surface area (Å²) in [5.41, 5.74) is 6.61. The summed E-state index contributed by atoms with van der Waals surface area (Å²) in [6.45, 7) is 24.1. The van der Waals surface area contributed by atoms with Gasteiger partial charge >= 0.3 is 0 Å². The van der Waals surface area contributed by atoms with E-state index >= 15 is 0 Å². The van der Waals surface area contributed by atoms with Crippen LogP contribution in [0.2, 0.25) is 0 Å². The second-order valence-corrected chi connectivity index (χ2v) is 8.18. The van der Waals surface area contributed by atoms with Crippen LogP contribution < -0.4 is 5.32 Å². The number of nitrogens with zero attached hydrogens (tertiary/aromatic N) is 1. The van der Waals surface area contributed by atoms with Crippen LogP contribution in [0, 0.1) is 6.92 Å². The van der Waals surface area contributed by atoms with Gasteiger partial charge in [-0.1, -0.05) is 85.4 Å². The van der Waals surface area contributed by atoms with Crippen LogP contribution >= 0.6 is 11.8 Å². The van der Waals surface area contributed by atoms with Crippen molar-refractivity contribution in [2.45, 2.75) is 79.5 Å². The van der Waals surface area contributed by atoms with Crippen LogP contribution in [0.15, 0.2) is 53.9 Å². The Labute approximate surface area is 211 Å². The van der Waals surface area contributed by atoms with Gasteiger partial charge in [0.2, 0.25) is 0 Å². The van der Waals surface area contributed by atoms with Crippen molar-refractivity contribution in [1.82, 2.24) is 4.90 Å². The zero-order valence-electron chi connectivity index (χ0n) is 23.3. The van der Waals surface area contributed by atoms with E-state index in [-0.39, 0.29) is 0 Å². The molecular formula is C30H52N2S. The minimum Gasteiger partial charge on any atom is -0.384 e. The summed E-state index contributed by atoms with van der Waals surface area (Å²) in [4.78, 5) is 3.72. The molecule has 0 radical (unpaired) electrons. The van der Waals surface area contributed by atoms with E-state index in [0.29, 0.717) is 0 Å². The molecule has 0 saturated heterocycles. The Morgan fingerprint density at radius 2 is 1.58 bits per heavy atom. The van der Waals surface area contributed by atoms with Crippen molar-refractivity contribution in [3.05, 3.63) is 65.7 Å². The monoisotopic (exact) mass is 472 g/mol. The van der Waals surface area contributed by atoms with E-state index in [4.69, 9.17) is 0 Å². The van der Waals surface area contributed by atoms with Crippen molar-refractivity contribution < 1.29 is 0 Å². The van der Waals surface area contributed by atoms with Gasteiger partial charge in [0.15, 0.2) is 0 Å². The average Bonchev–Trinajstić information content (AvgIpc) is 2.87. The minimum atomic E-state index is 1.01.